The highest BCUT2D eigenvalue weighted by Crippen LogP contribution is 2.16. The highest BCUT2D eigenvalue weighted by Gasteiger charge is 2.11. The number of carbonyl (C=O) groups excluding carboxylic acids is 1. The molecule has 5 heteroatoms. The van der Waals surface area contributed by atoms with Crippen LogP contribution in [0.15, 0.2) is 12.3 Å². The maximum Gasteiger partial charge on any atom is 0.340 e. The highest BCUT2D eigenvalue weighted by atomic mass is 16.5. The Labute approximate surface area is 69.3 Å². The van der Waals surface area contributed by atoms with Crippen molar-refractivity contribution in [3.8, 4) is 0 Å². The summed E-state index contributed by atoms with van der Waals surface area (Å²) < 4.78 is 4.47. The minimum absolute atomic E-state index is 0.137. The first kappa shape index (κ1) is 8.32. The average molecular weight is 167 g/mol. The van der Waals surface area contributed by atoms with Gasteiger partial charge in [-0.05, 0) is 6.07 Å². The fourth-order valence-electron chi connectivity index (χ4n) is 0.777. The van der Waals surface area contributed by atoms with E-state index < -0.39 is 5.97 Å². The first-order chi connectivity index (χ1) is 5.66. The van der Waals surface area contributed by atoms with E-state index in [2.05, 4.69) is 9.72 Å². The van der Waals surface area contributed by atoms with Gasteiger partial charge >= 0.3 is 5.97 Å². The van der Waals surface area contributed by atoms with Crippen LogP contribution in [0.1, 0.15) is 10.4 Å². The second-order valence-electron chi connectivity index (χ2n) is 2.15. The zero-order chi connectivity index (χ0) is 9.14. The summed E-state index contributed by atoms with van der Waals surface area (Å²) in [6.07, 6.45) is 1.40. The van der Waals surface area contributed by atoms with E-state index in [1.807, 2.05) is 0 Å². The number of nitrogens with two attached hydrogens (primary N) is 2. The van der Waals surface area contributed by atoms with E-state index in [1.54, 1.807) is 0 Å². The number of rotatable bonds is 1. The number of esters is 1. The number of hydrogen-bond donors (Lipinski definition) is 2. The molecule has 4 N–H and O–H groups in total. The Bertz CT molecular complexity index is 312. The highest BCUT2D eigenvalue weighted by molar-refractivity contribution is 5.97. The smallest absolute Gasteiger partial charge is 0.340 e. The zero-order valence-electron chi connectivity index (χ0n) is 6.57. The van der Waals surface area contributed by atoms with Crippen molar-refractivity contribution in [1.29, 1.82) is 0 Å². The number of hydrogen-bond acceptors (Lipinski definition) is 5. The third-order valence-electron chi connectivity index (χ3n) is 1.43. The molecule has 5 nitrogen and oxygen atoms in total. The zero-order valence-corrected chi connectivity index (χ0v) is 6.57. The van der Waals surface area contributed by atoms with Crippen LogP contribution in [0, 0.1) is 0 Å². The Morgan fingerprint density at radius 3 is 2.83 bits per heavy atom. The number of carbonyl (C=O) groups is 1. The molecule has 0 amide bonds. The number of aromatic nitrogens is 1. The minimum Gasteiger partial charge on any atom is -0.465 e. The van der Waals surface area contributed by atoms with Gasteiger partial charge in [0.05, 0.1) is 18.4 Å². The quantitative estimate of drug-likeness (QED) is 0.576. The molecule has 0 unspecified atom stereocenters. The van der Waals surface area contributed by atoms with Crippen LogP contribution in [-0.4, -0.2) is 18.1 Å². The molecule has 1 aromatic rings. The van der Waals surface area contributed by atoms with Crippen molar-refractivity contribution in [1.82, 2.24) is 4.98 Å². The molecule has 0 aliphatic carbocycles. The van der Waals surface area contributed by atoms with Crippen LogP contribution in [0.5, 0.6) is 0 Å². The standard InChI is InChI=1S/C7H9N3O2/c1-12-7(11)4-2-3-10-6(9)5(4)8/h2-3H,8H2,1H3,(H2,9,10). The van der Waals surface area contributed by atoms with E-state index in [4.69, 9.17) is 11.5 Å². The van der Waals surface area contributed by atoms with Gasteiger partial charge in [0.15, 0.2) is 0 Å². The normalized spacial score (nSPS) is 9.42. The molecule has 1 rings (SSSR count). The minimum atomic E-state index is -0.512. The summed E-state index contributed by atoms with van der Waals surface area (Å²) in [6, 6.07) is 1.46. The molecule has 0 saturated heterocycles. The fourth-order valence-corrected chi connectivity index (χ4v) is 0.777. The van der Waals surface area contributed by atoms with Gasteiger partial charge < -0.3 is 16.2 Å². The van der Waals surface area contributed by atoms with Crippen LogP contribution in [0.4, 0.5) is 11.5 Å². The molecule has 12 heavy (non-hydrogen) atoms. The third kappa shape index (κ3) is 1.29. The number of methoxy groups -OCH3 is 1. The molecule has 0 radical (unpaired) electrons. The van der Waals surface area contributed by atoms with Gasteiger partial charge in [0.2, 0.25) is 0 Å². The summed E-state index contributed by atoms with van der Waals surface area (Å²) in [5, 5.41) is 0. The van der Waals surface area contributed by atoms with E-state index >= 15 is 0 Å². The lowest BCUT2D eigenvalue weighted by Crippen LogP contribution is -2.08. The van der Waals surface area contributed by atoms with Gasteiger partial charge in [0.1, 0.15) is 5.82 Å². The number of nitrogen functional groups attached to an aromatic ring is 2. The van der Waals surface area contributed by atoms with Crippen molar-refractivity contribution in [2.24, 2.45) is 0 Å². The molecular formula is C7H9N3O2. The second-order valence-corrected chi connectivity index (χ2v) is 2.15. The van der Waals surface area contributed by atoms with Crippen LogP contribution in [0.2, 0.25) is 0 Å². The van der Waals surface area contributed by atoms with Crippen molar-refractivity contribution >= 4 is 17.5 Å². The summed E-state index contributed by atoms with van der Waals surface area (Å²) in [5.41, 5.74) is 11.2. The number of anilines is 2. The molecule has 0 fully saturated rings. The molecule has 0 atom stereocenters. The van der Waals surface area contributed by atoms with E-state index in [0.717, 1.165) is 0 Å². The fraction of sp³-hybridized carbons (Fsp3) is 0.143. The van der Waals surface area contributed by atoms with Crippen molar-refractivity contribution in [3.63, 3.8) is 0 Å². The molecule has 1 aromatic heterocycles. The SMILES string of the molecule is COC(=O)c1ccnc(N)c1N. The van der Waals surface area contributed by atoms with Crippen molar-refractivity contribution in [2.75, 3.05) is 18.6 Å². The van der Waals surface area contributed by atoms with Gasteiger partial charge in [-0.3, -0.25) is 0 Å². The van der Waals surface area contributed by atoms with E-state index in [9.17, 15) is 4.79 Å². The molecule has 0 aromatic carbocycles. The van der Waals surface area contributed by atoms with Crippen molar-refractivity contribution in [3.05, 3.63) is 17.8 Å². The number of nitrogens with zero attached hydrogens (tertiary/aromatic N) is 1. The van der Waals surface area contributed by atoms with Gasteiger partial charge in [0.25, 0.3) is 0 Å². The molecule has 0 aliphatic rings. The Morgan fingerprint density at radius 2 is 2.25 bits per heavy atom. The second kappa shape index (κ2) is 3.08. The predicted octanol–water partition coefficient (Wildman–Crippen LogP) is 0.0326. The first-order valence-electron chi connectivity index (χ1n) is 3.25. The molecule has 64 valence electrons. The van der Waals surface area contributed by atoms with Gasteiger partial charge in [-0.15, -0.1) is 0 Å². The third-order valence-corrected chi connectivity index (χ3v) is 1.43. The van der Waals surface area contributed by atoms with E-state index in [1.165, 1.54) is 19.4 Å². The van der Waals surface area contributed by atoms with Crippen molar-refractivity contribution < 1.29 is 9.53 Å². The van der Waals surface area contributed by atoms with Crippen molar-refractivity contribution in [2.45, 2.75) is 0 Å². The largest absolute Gasteiger partial charge is 0.465 e. The lowest BCUT2D eigenvalue weighted by Gasteiger charge is -2.03. The Balaban J connectivity index is 3.16. The molecule has 0 bridgehead atoms. The van der Waals surface area contributed by atoms with Gasteiger partial charge in [-0.2, -0.15) is 0 Å². The van der Waals surface area contributed by atoms with Crippen LogP contribution >= 0.6 is 0 Å². The Kier molecular flexibility index (Phi) is 2.14. The summed E-state index contributed by atoms with van der Waals surface area (Å²) in [7, 11) is 1.28. The monoisotopic (exact) mass is 167 g/mol. The van der Waals surface area contributed by atoms with Gasteiger partial charge in [-0.1, -0.05) is 0 Å². The summed E-state index contributed by atoms with van der Waals surface area (Å²) in [6.45, 7) is 0. The average Bonchev–Trinajstić information content (AvgIpc) is 2.08. The Morgan fingerprint density at radius 1 is 1.58 bits per heavy atom. The number of ether oxygens (including phenoxy) is 1. The van der Waals surface area contributed by atoms with Gasteiger partial charge in [0, 0.05) is 6.20 Å². The van der Waals surface area contributed by atoms with E-state index in [-0.39, 0.29) is 17.1 Å². The lowest BCUT2D eigenvalue weighted by molar-refractivity contribution is 0.0602. The molecule has 0 spiro atoms. The van der Waals surface area contributed by atoms with E-state index in [0.29, 0.717) is 0 Å². The maximum atomic E-state index is 11.0. The van der Waals surface area contributed by atoms with Gasteiger partial charge in [-0.25, -0.2) is 9.78 Å². The number of pyridine rings is 1. The molecular weight excluding hydrogens is 158 g/mol. The molecule has 0 aliphatic heterocycles. The molecule has 1 heterocycles. The van der Waals surface area contributed by atoms with Crippen LogP contribution in [0.3, 0.4) is 0 Å². The Hall–Kier alpha value is -1.78. The van der Waals surface area contributed by atoms with Crippen LogP contribution < -0.4 is 11.5 Å². The summed E-state index contributed by atoms with van der Waals surface area (Å²) in [4.78, 5) is 14.7. The van der Waals surface area contributed by atoms with Crippen LogP contribution in [0.25, 0.3) is 0 Å². The summed E-state index contributed by atoms with van der Waals surface area (Å²) >= 11 is 0. The maximum absolute atomic E-state index is 11.0. The molecule has 0 saturated carbocycles. The topological polar surface area (TPSA) is 91.2 Å². The predicted molar refractivity (Wildman–Crippen MR) is 44.4 cm³/mol. The first-order valence-corrected chi connectivity index (χ1v) is 3.25. The summed E-state index contributed by atoms with van der Waals surface area (Å²) in [5.74, 6) is -0.375. The van der Waals surface area contributed by atoms with Crippen LogP contribution in [-0.2, 0) is 4.74 Å². The lowest BCUT2D eigenvalue weighted by atomic mass is 10.2.